The molecule has 0 bridgehead atoms. The van der Waals surface area contributed by atoms with E-state index in [0.29, 0.717) is 6.54 Å². The number of guanidine groups is 1. The van der Waals surface area contributed by atoms with Gasteiger partial charge in [-0.15, -0.1) is 10.2 Å². The van der Waals surface area contributed by atoms with Gasteiger partial charge in [0.2, 0.25) is 0 Å². The van der Waals surface area contributed by atoms with Crippen LogP contribution < -0.4 is 10.6 Å². The highest BCUT2D eigenvalue weighted by Gasteiger charge is 2.14. The molecule has 0 atom stereocenters. The lowest BCUT2D eigenvalue weighted by Gasteiger charge is -2.13. The highest BCUT2D eigenvalue weighted by atomic mass is 15.3. The number of rotatable bonds is 7. The van der Waals surface area contributed by atoms with Crippen molar-refractivity contribution in [3.05, 3.63) is 11.6 Å². The summed E-state index contributed by atoms with van der Waals surface area (Å²) in [6.45, 7) is 6.44. The fourth-order valence-electron chi connectivity index (χ4n) is 2.98. The van der Waals surface area contributed by atoms with Crippen molar-refractivity contribution in [1.82, 2.24) is 25.4 Å². The lowest BCUT2D eigenvalue weighted by molar-refractivity contribution is 0.481. The minimum absolute atomic E-state index is 0.551. The molecule has 1 aromatic rings. The van der Waals surface area contributed by atoms with E-state index in [4.69, 9.17) is 0 Å². The Labute approximate surface area is 133 Å². The number of hydrogen-bond acceptors (Lipinski definition) is 3. The quantitative estimate of drug-likeness (QED) is 0.460. The number of nitrogens with one attached hydrogen (secondary N) is 2. The lowest BCUT2D eigenvalue weighted by atomic mass is 10.0. The zero-order chi connectivity index (χ0) is 15.8. The largest absolute Gasteiger partial charge is 0.357 e. The van der Waals surface area contributed by atoms with Gasteiger partial charge in [0, 0.05) is 20.1 Å². The van der Waals surface area contributed by atoms with Gasteiger partial charge in [0.05, 0.1) is 0 Å². The second-order valence-corrected chi connectivity index (χ2v) is 6.14. The van der Waals surface area contributed by atoms with Crippen molar-refractivity contribution in [3.63, 3.8) is 0 Å². The van der Waals surface area contributed by atoms with E-state index in [0.717, 1.165) is 36.6 Å². The van der Waals surface area contributed by atoms with E-state index in [9.17, 15) is 0 Å². The smallest absolute Gasteiger partial charge is 0.191 e. The van der Waals surface area contributed by atoms with E-state index in [1.165, 1.54) is 38.5 Å². The third-order valence-corrected chi connectivity index (χ3v) is 4.46. The van der Waals surface area contributed by atoms with Gasteiger partial charge in [-0.3, -0.25) is 0 Å². The van der Waals surface area contributed by atoms with Crippen LogP contribution in [0.5, 0.6) is 0 Å². The molecule has 6 heteroatoms. The van der Waals surface area contributed by atoms with Crippen LogP contribution in [0.3, 0.4) is 0 Å². The zero-order valence-corrected chi connectivity index (χ0v) is 14.2. The Morgan fingerprint density at radius 3 is 2.68 bits per heavy atom. The molecule has 0 amide bonds. The van der Waals surface area contributed by atoms with E-state index in [2.05, 4.69) is 32.7 Å². The molecule has 0 aromatic carbocycles. The summed E-state index contributed by atoms with van der Waals surface area (Å²) in [5.74, 6) is 3.64. The van der Waals surface area contributed by atoms with Crippen LogP contribution in [0.15, 0.2) is 4.99 Å². The number of aliphatic imine (C=N–C) groups is 1. The second kappa shape index (κ2) is 8.76. The summed E-state index contributed by atoms with van der Waals surface area (Å²) < 4.78 is 1.98. The van der Waals surface area contributed by atoms with Gasteiger partial charge >= 0.3 is 0 Å². The molecule has 0 unspecified atom stereocenters. The molecule has 1 heterocycles. The highest BCUT2D eigenvalue weighted by Crippen LogP contribution is 2.28. The number of aryl methyl sites for hydroxylation is 1. The molecule has 6 nitrogen and oxygen atoms in total. The van der Waals surface area contributed by atoms with Crippen molar-refractivity contribution >= 4 is 5.96 Å². The number of aromatic nitrogens is 3. The molecule has 1 aliphatic carbocycles. The Morgan fingerprint density at radius 1 is 1.27 bits per heavy atom. The number of nitrogens with zero attached hydrogens (tertiary/aromatic N) is 4. The minimum atomic E-state index is 0.551. The molecular weight excluding hydrogens is 276 g/mol. The number of hydrogen-bond donors (Lipinski definition) is 2. The monoisotopic (exact) mass is 306 g/mol. The molecule has 0 spiro atoms. The lowest BCUT2D eigenvalue weighted by Crippen LogP contribution is -2.37. The summed E-state index contributed by atoms with van der Waals surface area (Å²) in [6, 6.07) is 0. The summed E-state index contributed by atoms with van der Waals surface area (Å²) >= 11 is 0. The van der Waals surface area contributed by atoms with Crippen LogP contribution in [0.2, 0.25) is 0 Å². The fourth-order valence-corrected chi connectivity index (χ4v) is 2.98. The highest BCUT2D eigenvalue weighted by molar-refractivity contribution is 5.79. The van der Waals surface area contributed by atoms with Gasteiger partial charge in [-0.25, -0.2) is 4.99 Å². The molecule has 0 aliphatic heterocycles. The summed E-state index contributed by atoms with van der Waals surface area (Å²) in [5, 5.41) is 14.9. The summed E-state index contributed by atoms with van der Waals surface area (Å²) in [6.07, 6.45) is 8.28. The molecule has 2 N–H and O–H groups in total. The molecule has 0 radical (unpaired) electrons. The predicted octanol–water partition coefficient (Wildman–Crippen LogP) is 2.15. The molecule has 0 saturated heterocycles. The van der Waals surface area contributed by atoms with Crippen molar-refractivity contribution < 1.29 is 0 Å². The second-order valence-electron chi connectivity index (χ2n) is 6.14. The normalized spacial score (nSPS) is 16.2. The average molecular weight is 306 g/mol. The maximum Gasteiger partial charge on any atom is 0.191 e. The maximum atomic E-state index is 4.60. The van der Waals surface area contributed by atoms with Gasteiger partial charge in [-0.1, -0.05) is 25.7 Å². The molecule has 124 valence electrons. The first-order valence-electron chi connectivity index (χ1n) is 8.57. The van der Waals surface area contributed by atoms with Crippen molar-refractivity contribution in [2.75, 3.05) is 13.1 Å². The topological polar surface area (TPSA) is 67.1 Å². The van der Waals surface area contributed by atoms with E-state index >= 15 is 0 Å². The first-order chi connectivity index (χ1) is 10.7. The Balaban J connectivity index is 1.75. The standard InChI is InChI=1S/C16H30N6/c1-4-17-16(18-11-7-10-14-8-5-6-9-14)19-12-15-21-20-13(2)22(15)3/h14H,4-12H2,1-3H3,(H2,17,18,19). The SMILES string of the molecule is CCNC(=NCc1nnc(C)n1C)NCCCC1CCCC1. The van der Waals surface area contributed by atoms with E-state index in [1.807, 2.05) is 18.5 Å². The summed E-state index contributed by atoms with van der Waals surface area (Å²) in [7, 11) is 1.97. The Morgan fingerprint density at radius 2 is 2.05 bits per heavy atom. The van der Waals surface area contributed by atoms with E-state index < -0.39 is 0 Å². The van der Waals surface area contributed by atoms with Gasteiger partial charge < -0.3 is 15.2 Å². The van der Waals surface area contributed by atoms with Gasteiger partial charge in [0.1, 0.15) is 12.4 Å². The molecular formula is C16H30N6. The van der Waals surface area contributed by atoms with Crippen molar-refractivity contribution in [3.8, 4) is 0 Å². The molecule has 1 fully saturated rings. The van der Waals surface area contributed by atoms with Crippen molar-refractivity contribution in [2.45, 2.75) is 58.9 Å². The molecule has 1 aliphatic rings. The van der Waals surface area contributed by atoms with Crippen molar-refractivity contribution in [2.24, 2.45) is 18.0 Å². The zero-order valence-electron chi connectivity index (χ0n) is 14.2. The van der Waals surface area contributed by atoms with Crippen LogP contribution >= 0.6 is 0 Å². The Hall–Kier alpha value is -1.59. The van der Waals surface area contributed by atoms with Crippen LogP contribution in [0.4, 0.5) is 0 Å². The predicted molar refractivity (Wildman–Crippen MR) is 89.8 cm³/mol. The van der Waals surface area contributed by atoms with Gasteiger partial charge in [-0.2, -0.15) is 0 Å². The van der Waals surface area contributed by atoms with Crippen LogP contribution in [0.25, 0.3) is 0 Å². The van der Waals surface area contributed by atoms with E-state index in [-0.39, 0.29) is 0 Å². The first kappa shape index (κ1) is 16.8. The minimum Gasteiger partial charge on any atom is -0.357 e. The summed E-state index contributed by atoms with van der Waals surface area (Å²) in [4.78, 5) is 4.60. The van der Waals surface area contributed by atoms with Gasteiger partial charge in [0.15, 0.2) is 11.8 Å². The maximum absolute atomic E-state index is 4.60. The van der Waals surface area contributed by atoms with Crippen LogP contribution in [0, 0.1) is 12.8 Å². The molecule has 2 rings (SSSR count). The fraction of sp³-hybridized carbons (Fsp3) is 0.812. The van der Waals surface area contributed by atoms with Gasteiger partial charge in [0.25, 0.3) is 0 Å². The Bertz CT molecular complexity index is 473. The third kappa shape index (κ3) is 5.00. The Kier molecular flexibility index (Phi) is 6.68. The molecule has 1 saturated carbocycles. The molecule has 22 heavy (non-hydrogen) atoms. The first-order valence-corrected chi connectivity index (χ1v) is 8.57. The summed E-state index contributed by atoms with van der Waals surface area (Å²) in [5.41, 5.74) is 0. The molecule has 1 aromatic heterocycles. The van der Waals surface area contributed by atoms with Crippen LogP contribution in [-0.2, 0) is 13.6 Å². The van der Waals surface area contributed by atoms with Gasteiger partial charge in [-0.05, 0) is 32.6 Å². The third-order valence-electron chi connectivity index (χ3n) is 4.46. The van der Waals surface area contributed by atoms with Crippen LogP contribution in [-0.4, -0.2) is 33.8 Å². The van der Waals surface area contributed by atoms with Crippen molar-refractivity contribution in [1.29, 1.82) is 0 Å². The van der Waals surface area contributed by atoms with E-state index in [1.54, 1.807) is 0 Å². The van der Waals surface area contributed by atoms with Crippen LogP contribution in [0.1, 0.15) is 57.1 Å². The average Bonchev–Trinajstić information content (AvgIpc) is 3.13.